The van der Waals surface area contributed by atoms with Gasteiger partial charge < -0.3 is 14.8 Å². The molecule has 1 N–H and O–H groups in total. The molecule has 0 saturated carbocycles. The lowest BCUT2D eigenvalue weighted by Gasteiger charge is -2.19. The monoisotopic (exact) mass is 239 g/mol. The summed E-state index contributed by atoms with van der Waals surface area (Å²) in [7, 11) is 1.55. The highest BCUT2D eigenvalue weighted by Gasteiger charge is 2.22. The Balaban J connectivity index is 2.43. The van der Waals surface area contributed by atoms with Crippen LogP contribution >= 0.6 is 0 Å². The Bertz CT molecular complexity index is 395. The van der Waals surface area contributed by atoms with Gasteiger partial charge in [0.25, 0.3) is 0 Å². The number of hydrogen-bond donors (Lipinski definition) is 1. The Morgan fingerprint density at radius 2 is 2.35 bits per heavy atom. The van der Waals surface area contributed by atoms with Crippen LogP contribution in [-0.4, -0.2) is 26.9 Å². The van der Waals surface area contributed by atoms with Crippen LogP contribution in [0.2, 0.25) is 0 Å². The first kappa shape index (κ1) is 12.3. The van der Waals surface area contributed by atoms with E-state index in [9.17, 15) is 4.39 Å². The van der Waals surface area contributed by atoms with Crippen LogP contribution in [0.3, 0.4) is 0 Å². The second kappa shape index (κ2) is 5.47. The smallest absolute Gasteiger partial charge is 0.130 e. The Labute approximate surface area is 101 Å². The highest BCUT2D eigenvalue weighted by molar-refractivity contribution is 5.39. The summed E-state index contributed by atoms with van der Waals surface area (Å²) >= 11 is 0. The summed E-state index contributed by atoms with van der Waals surface area (Å²) in [6.07, 6.45) is 0.618. The molecule has 17 heavy (non-hydrogen) atoms. The van der Waals surface area contributed by atoms with E-state index >= 15 is 0 Å². The Morgan fingerprint density at radius 1 is 1.53 bits per heavy atom. The average molecular weight is 239 g/mol. The van der Waals surface area contributed by atoms with Gasteiger partial charge in [-0.05, 0) is 30.2 Å². The van der Waals surface area contributed by atoms with Crippen LogP contribution in [0.1, 0.15) is 24.1 Å². The van der Waals surface area contributed by atoms with Gasteiger partial charge in [-0.15, -0.1) is 0 Å². The molecule has 0 aliphatic carbocycles. The van der Waals surface area contributed by atoms with Gasteiger partial charge in [0, 0.05) is 6.07 Å². The van der Waals surface area contributed by atoms with E-state index in [1.54, 1.807) is 7.11 Å². The molecule has 3 nitrogen and oxygen atoms in total. The predicted molar refractivity (Wildman–Crippen MR) is 63.9 cm³/mol. The molecule has 1 aromatic carbocycles. The second-order valence-electron chi connectivity index (χ2n) is 4.11. The summed E-state index contributed by atoms with van der Waals surface area (Å²) in [5, 5.41) is 3.31. The molecule has 0 saturated heterocycles. The van der Waals surface area contributed by atoms with E-state index in [0.717, 1.165) is 17.7 Å². The molecule has 0 bridgehead atoms. The van der Waals surface area contributed by atoms with E-state index in [4.69, 9.17) is 9.47 Å². The standard InChI is InChI=1S/C13H18FNO2/c1-3-15-13-8-17-5-4-10-11(13)6-9(16-2)7-12(10)14/h6-7,13,15H,3-5,8H2,1-2H3. The van der Waals surface area contributed by atoms with E-state index in [-0.39, 0.29) is 11.9 Å². The Hall–Kier alpha value is -1.13. The van der Waals surface area contributed by atoms with Gasteiger partial charge in [-0.2, -0.15) is 0 Å². The number of fused-ring (bicyclic) bond motifs is 1. The Kier molecular flexibility index (Phi) is 3.97. The summed E-state index contributed by atoms with van der Waals surface area (Å²) in [6.45, 7) is 4.00. The van der Waals surface area contributed by atoms with Crippen molar-refractivity contribution >= 4 is 0 Å². The van der Waals surface area contributed by atoms with Crippen LogP contribution < -0.4 is 10.1 Å². The molecule has 0 aromatic heterocycles. The van der Waals surface area contributed by atoms with Crippen molar-refractivity contribution in [1.82, 2.24) is 5.32 Å². The number of benzene rings is 1. The van der Waals surface area contributed by atoms with Gasteiger partial charge in [-0.1, -0.05) is 6.92 Å². The van der Waals surface area contributed by atoms with E-state index in [1.165, 1.54) is 6.07 Å². The van der Waals surface area contributed by atoms with Gasteiger partial charge in [0.15, 0.2) is 0 Å². The fourth-order valence-corrected chi connectivity index (χ4v) is 2.20. The molecule has 1 aromatic rings. The average Bonchev–Trinajstić information content (AvgIpc) is 2.53. The lowest BCUT2D eigenvalue weighted by atomic mass is 9.98. The first-order valence-corrected chi connectivity index (χ1v) is 5.93. The molecule has 1 heterocycles. The topological polar surface area (TPSA) is 30.5 Å². The predicted octanol–water partition coefficient (Wildman–Crippen LogP) is 2.06. The second-order valence-corrected chi connectivity index (χ2v) is 4.11. The number of likely N-dealkylation sites (N-methyl/N-ethyl adjacent to an activating group) is 1. The number of nitrogens with one attached hydrogen (secondary N) is 1. The molecule has 1 aliphatic heterocycles. The van der Waals surface area contributed by atoms with E-state index < -0.39 is 0 Å². The molecule has 1 aliphatic rings. The lowest BCUT2D eigenvalue weighted by molar-refractivity contribution is 0.122. The highest BCUT2D eigenvalue weighted by Crippen LogP contribution is 2.29. The molecular formula is C13H18FNO2. The minimum atomic E-state index is -0.201. The molecule has 0 radical (unpaired) electrons. The van der Waals surface area contributed by atoms with Gasteiger partial charge in [-0.25, -0.2) is 4.39 Å². The van der Waals surface area contributed by atoms with Crippen molar-refractivity contribution in [3.8, 4) is 5.75 Å². The molecule has 0 spiro atoms. The third-order valence-electron chi connectivity index (χ3n) is 3.05. The summed E-state index contributed by atoms with van der Waals surface area (Å²) in [5.41, 5.74) is 1.70. The highest BCUT2D eigenvalue weighted by atomic mass is 19.1. The van der Waals surface area contributed by atoms with Crippen molar-refractivity contribution in [1.29, 1.82) is 0 Å². The molecule has 1 atom stereocenters. The molecule has 0 amide bonds. The van der Waals surface area contributed by atoms with Crippen LogP contribution in [0.4, 0.5) is 4.39 Å². The van der Waals surface area contributed by atoms with E-state index in [0.29, 0.717) is 25.4 Å². The van der Waals surface area contributed by atoms with Crippen molar-refractivity contribution in [2.24, 2.45) is 0 Å². The summed E-state index contributed by atoms with van der Waals surface area (Å²) in [4.78, 5) is 0. The maximum atomic E-state index is 13.9. The van der Waals surface area contributed by atoms with Crippen molar-refractivity contribution < 1.29 is 13.9 Å². The van der Waals surface area contributed by atoms with E-state index in [1.807, 2.05) is 13.0 Å². The van der Waals surface area contributed by atoms with Gasteiger partial charge in [0.2, 0.25) is 0 Å². The third-order valence-corrected chi connectivity index (χ3v) is 3.05. The van der Waals surface area contributed by atoms with Crippen molar-refractivity contribution in [3.05, 3.63) is 29.1 Å². The molecule has 4 heteroatoms. The summed E-state index contributed by atoms with van der Waals surface area (Å²) in [5.74, 6) is 0.360. The number of halogens is 1. The van der Waals surface area contributed by atoms with Crippen LogP contribution in [0.25, 0.3) is 0 Å². The minimum absolute atomic E-state index is 0.0436. The molecule has 94 valence electrons. The Morgan fingerprint density at radius 3 is 3.06 bits per heavy atom. The zero-order chi connectivity index (χ0) is 12.3. The lowest BCUT2D eigenvalue weighted by Crippen LogP contribution is -2.25. The zero-order valence-electron chi connectivity index (χ0n) is 10.3. The van der Waals surface area contributed by atoms with Gasteiger partial charge >= 0.3 is 0 Å². The van der Waals surface area contributed by atoms with Crippen LogP contribution in [0.15, 0.2) is 12.1 Å². The van der Waals surface area contributed by atoms with E-state index in [2.05, 4.69) is 5.32 Å². The molecule has 2 rings (SSSR count). The first-order valence-electron chi connectivity index (χ1n) is 5.93. The van der Waals surface area contributed by atoms with Crippen molar-refractivity contribution in [2.45, 2.75) is 19.4 Å². The third kappa shape index (κ3) is 2.58. The quantitative estimate of drug-likeness (QED) is 0.875. The van der Waals surface area contributed by atoms with Gasteiger partial charge in [0.1, 0.15) is 11.6 Å². The number of methoxy groups -OCH3 is 1. The summed E-state index contributed by atoms with van der Waals surface area (Å²) < 4.78 is 24.6. The van der Waals surface area contributed by atoms with Crippen LogP contribution in [0.5, 0.6) is 5.75 Å². The normalized spacial score (nSPS) is 19.6. The molecular weight excluding hydrogens is 221 g/mol. The molecule has 1 unspecified atom stereocenters. The first-order chi connectivity index (χ1) is 8.26. The number of ether oxygens (including phenoxy) is 2. The number of hydrogen-bond acceptors (Lipinski definition) is 3. The summed E-state index contributed by atoms with van der Waals surface area (Å²) in [6, 6.07) is 3.38. The van der Waals surface area contributed by atoms with Crippen LogP contribution in [0, 0.1) is 5.82 Å². The fourth-order valence-electron chi connectivity index (χ4n) is 2.20. The molecule has 0 fully saturated rings. The van der Waals surface area contributed by atoms with Crippen molar-refractivity contribution in [3.63, 3.8) is 0 Å². The fraction of sp³-hybridized carbons (Fsp3) is 0.538. The minimum Gasteiger partial charge on any atom is -0.497 e. The van der Waals surface area contributed by atoms with Crippen molar-refractivity contribution in [2.75, 3.05) is 26.9 Å². The maximum Gasteiger partial charge on any atom is 0.130 e. The maximum absolute atomic E-state index is 13.9. The number of rotatable bonds is 3. The largest absolute Gasteiger partial charge is 0.497 e. The van der Waals surface area contributed by atoms with Gasteiger partial charge in [-0.3, -0.25) is 0 Å². The van der Waals surface area contributed by atoms with Gasteiger partial charge in [0.05, 0.1) is 26.4 Å². The zero-order valence-corrected chi connectivity index (χ0v) is 10.3. The SMILES string of the molecule is CCNC1COCCc2c(F)cc(OC)cc21. The van der Waals surface area contributed by atoms with Crippen LogP contribution in [-0.2, 0) is 11.2 Å².